The minimum absolute atomic E-state index is 0.149. The highest BCUT2D eigenvalue weighted by atomic mass is 16.5. The smallest absolute Gasteiger partial charge is 0.0703 e. The fraction of sp³-hybridized carbons (Fsp3) is 0.846. The average molecular weight is 227 g/mol. The molecule has 0 aromatic carbocycles. The van der Waals surface area contributed by atoms with Gasteiger partial charge in [-0.2, -0.15) is 5.06 Å². The number of nitrogens with zero attached hydrogens (tertiary/aromatic N) is 1. The first kappa shape index (κ1) is 13.7. The molecule has 0 aliphatic carbocycles. The van der Waals surface area contributed by atoms with Crippen LogP contribution >= 0.6 is 0 Å². The highest BCUT2D eigenvalue weighted by Crippen LogP contribution is 2.38. The monoisotopic (exact) mass is 227 g/mol. The molecule has 94 valence electrons. The molecule has 0 fully saturated rings. The molecular formula is C13H25NO2. The lowest BCUT2D eigenvalue weighted by atomic mass is 9.97. The Hall–Kier alpha value is -0.380. The summed E-state index contributed by atoms with van der Waals surface area (Å²) in [6.45, 7) is 14.7. The summed E-state index contributed by atoms with van der Waals surface area (Å²) in [6.07, 6.45) is 2.10. The van der Waals surface area contributed by atoms with Crippen LogP contribution in [0.2, 0.25) is 0 Å². The third-order valence-corrected chi connectivity index (χ3v) is 3.05. The summed E-state index contributed by atoms with van der Waals surface area (Å²) in [5.41, 5.74) is 0.314. The molecule has 16 heavy (non-hydrogen) atoms. The van der Waals surface area contributed by atoms with Crippen LogP contribution in [0.25, 0.3) is 0 Å². The molecule has 0 spiro atoms. The molecule has 0 saturated heterocycles. The Labute approximate surface area is 99.0 Å². The van der Waals surface area contributed by atoms with Crippen LogP contribution in [0.3, 0.4) is 0 Å². The largest absolute Gasteiger partial charge is 0.371 e. The van der Waals surface area contributed by atoms with Gasteiger partial charge in [-0.3, -0.25) is 0 Å². The summed E-state index contributed by atoms with van der Waals surface area (Å²) in [4.78, 5) is 0. The Morgan fingerprint density at radius 2 is 1.75 bits per heavy atom. The van der Waals surface area contributed by atoms with Gasteiger partial charge in [-0.15, -0.1) is 0 Å². The zero-order valence-corrected chi connectivity index (χ0v) is 11.6. The lowest BCUT2D eigenvalue weighted by Crippen LogP contribution is -2.48. The van der Waals surface area contributed by atoms with E-state index in [4.69, 9.17) is 4.74 Å². The van der Waals surface area contributed by atoms with E-state index in [1.165, 1.54) is 5.06 Å². The number of hydrogen-bond acceptors (Lipinski definition) is 3. The second kappa shape index (κ2) is 3.83. The maximum atomic E-state index is 10.1. The highest BCUT2D eigenvalue weighted by Gasteiger charge is 2.45. The van der Waals surface area contributed by atoms with E-state index >= 15 is 0 Å². The molecule has 1 N–H and O–H groups in total. The molecule has 1 aliphatic heterocycles. The minimum Gasteiger partial charge on any atom is -0.371 e. The van der Waals surface area contributed by atoms with Crippen LogP contribution in [-0.4, -0.2) is 33.6 Å². The molecule has 3 nitrogen and oxygen atoms in total. The molecule has 1 heterocycles. The summed E-state index contributed by atoms with van der Waals surface area (Å²) in [6, 6.07) is 0. The standard InChI is InChI=1S/C13H25NO2/c1-11(2,3)16-9-10-8-12(4,5)14(15)13(10,6)7/h8,15H,9H2,1-7H3. The zero-order chi connectivity index (χ0) is 12.8. The van der Waals surface area contributed by atoms with Crippen molar-refractivity contribution in [3.63, 3.8) is 0 Å². The van der Waals surface area contributed by atoms with Crippen molar-refractivity contribution in [2.45, 2.75) is 65.1 Å². The first-order chi connectivity index (χ1) is 6.97. The van der Waals surface area contributed by atoms with E-state index in [-0.39, 0.29) is 16.7 Å². The van der Waals surface area contributed by atoms with Gasteiger partial charge in [-0.25, -0.2) is 0 Å². The molecule has 1 rings (SSSR count). The summed E-state index contributed by atoms with van der Waals surface area (Å²) in [5, 5.41) is 11.5. The van der Waals surface area contributed by atoms with Crippen molar-refractivity contribution in [2.24, 2.45) is 0 Å². The summed E-state index contributed by atoms with van der Waals surface area (Å²) in [5.74, 6) is 0. The van der Waals surface area contributed by atoms with E-state index in [1.54, 1.807) is 0 Å². The number of rotatable bonds is 2. The molecule has 0 aromatic heterocycles. The predicted octanol–water partition coefficient (Wildman–Crippen LogP) is 2.99. The van der Waals surface area contributed by atoms with Crippen LogP contribution in [0.4, 0.5) is 0 Å². The van der Waals surface area contributed by atoms with Crippen LogP contribution < -0.4 is 0 Å². The molecular weight excluding hydrogens is 202 g/mol. The highest BCUT2D eigenvalue weighted by molar-refractivity contribution is 5.30. The van der Waals surface area contributed by atoms with Gasteiger partial charge >= 0.3 is 0 Å². The number of hydrogen-bond donors (Lipinski definition) is 1. The lowest BCUT2D eigenvalue weighted by Gasteiger charge is -2.36. The van der Waals surface area contributed by atoms with Crippen molar-refractivity contribution in [3.8, 4) is 0 Å². The van der Waals surface area contributed by atoms with E-state index in [0.717, 1.165) is 5.57 Å². The predicted molar refractivity (Wildman–Crippen MR) is 65.6 cm³/mol. The van der Waals surface area contributed by atoms with Gasteiger partial charge in [-0.1, -0.05) is 6.08 Å². The average Bonchev–Trinajstić information content (AvgIpc) is 2.22. The molecule has 3 heteroatoms. The summed E-state index contributed by atoms with van der Waals surface area (Å²) < 4.78 is 5.78. The second-order valence-corrected chi connectivity index (χ2v) is 6.60. The second-order valence-electron chi connectivity index (χ2n) is 6.60. The molecule has 0 amide bonds. The van der Waals surface area contributed by atoms with E-state index in [9.17, 15) is 5.21 Å². The van der Waals surface area contributed by atoms with E-state index in [2.05, 4.69) is 6.08 Å². The Bertz CT molecular complexity index is 298. The lowest BCUT2D eigenvalue weighted by molar-refractivity contribution is -0.187. The maximum Gasteiger partial charge on any atom is 0.0703 e. The van der Waals surface area contributed by atoms with Crippen LogP contribution in [-0.2, 0) is 4.74 Å². The van der Waals surface area contributed by atoms with Crippen molar-refractivity contribution in [1.82, 2.24) is 5.06 Å². The van der Waals surface area contributed by atoms with Gasteiger partial charge in [0, 0.05) is 0 Å². The fourth-order valence-corrected chi connectivity index (χ4v) is 2.03. The topological polar surface area (TPSA) is 32.7 Å². The van der Waals surface area contributed by atoms with Crippen molar-refractivity contribution in [3.05, 3.63) is 11.6 Å². The molecule has 0 saturated carbocycles. The van der Waals surface area contributed by atoms with Crippen LogP contribution in [0.5, 0.6) is 0 Å². The van der Waals surface area contributed by atoms with Gasteiger partial charge in [0.25, 0.3) is 0 Å². The normalized spacial score (nSPS) is 24.6. The van der Waals surface area contributed by atoms with Crippen molar-refractivity contribution in [1.29, 1.82) is 0 Å². The van der Waals surface area contributed by atoms with E-state index in [0.29, 0.717) is 6.61 Å². The Balaban J connectivity index is 2.81. The van der Waals surface area contributed by atoms with Gasteiger partial charge in [0.05, 0.1) is 23.3 Å². The fourth-order valence-electron chi connectivity index (χ4n) is 2.03. The van der Waals surface area contributed by atoms with Crippen molar-refractivity contribution in [2.75, 3.05) is 6.61 Å². The van der Waals surface area contributed by atoms with Crippen LogP contribution in [0.15, 0.2) is 11.6 Å². The Morgan fingerprint density at radius 3 is 2.06 bits per heavy atom. The van der Waals surface area contributed by atoms with Gasteiger partial charge in [-0.05, 0) is 54.0 Å². The first-order valence-corrected chi connectivity index (χ1v) is 5.82. The molecule has 0 bridgehead atoms. The molecule has 1 aliphatic rings. The third kappa shape index (κ3) is 2.65. The van der Waals surface area contributed by atoms with Crippen LogP contribution in [0.1, 0.15) is 48.5 Å². The quantitative estimate of drug-likeness (QED) is 0.736. The summed E-state index contributed by atoms with van der Waals surface area (Å²) >= 11 is 0. The van der Waals surface area contributed by atoms with Crippen LogP contribution in [0, 0.1) is 0 Å². The van der Waals surface area contributed by atoms with Crippen molar-refractivity contribution >= 4 is 0 Å². The molecule has 0 aromatic rings. The zero-order valence-electron chi connectivity index (χ0n) is 11.6. The number of ether oxygens (including phenoxy) is 1. The molecule has 0 unspecified atom stereocenters. The van der Waals surface area contributed by atoms with Gasteiger partial charge < -0.3 is 9.94 Å². The molecule has 0 atom stereocenters. The molecule has 0 radical (unpaired) electrons. The first-order valence-electron chi connectivity index (χ1n) is 5.82. The van der Waals surface area contributed by atoms with Gasteiger partial charge in [0.1, 0.15) is 0 Å². The Morgan fingerprint density at radius 1 is 1.25 bits per heavy atom. The maximum absolute atomic E-state index is 10.1. The third-order valence-electron chi connectivity index (χ3n) is 3.05. The number of hydroxylamine groups is 2. The van der Waals surface area contributed by atoms with Gasteiger partial charge in [0.15, 0.2) is 0 Å². The summed E-state index contributed by atoms with van der Waals surface area (Å²) in [7, 11) is 0. The van der Waals surface area contributed by atoms with E-state index in [1.807, 2.05) is 48.5 Å². The van der Waals surface area contributed by atoms with Gasteiger partial charge in [0.2, 0.25) is 0 Å². The minimum atomic E-state index is -0.352. The van der Waals surface area contributed by atoms with Crippen molar-refractivity contribution < 1.29 is 9.94 Å². The Kier molecular flexibility index (Phi) is 3.27. The van der Waals surface area contributed by atoms with E-state index < -0.39 is 0 Å². The SMILES string of the molecule is CC(C)(C)OCC1=CC(C)(C)N(O)C1(C)C.